The molecule has 2 aromatic rings. The normalized spacial score (nSPS) is 19.3. The van der Waals surface area contributed by atoms with Crippen LogP contribution in [0, 0.1) is 11.3 Å². The molecule has 0 unspecified atom stereocenters. The van der Waals surface area contributed by atoms with E-state index in [-0.39, 0.29) is 11.9 Å². The van der Waals surface area contributed by atoms with E-state index in [1.54, 1.807) is 6.07 Å². The van der Waals surface area contributed by atoms with E-state index < -0.39 is 0 Å². The summed E-state index contributed by atoms with van der Waals surface area (Å²) in [5.74, 6) is 1.49. The van der Waals surface area contributed by atoms with Gasteiger partial charge in [0, 0.05) is 12.5 Å². The van der Waals surface area contributed by atoms with Crippen LogP contribution in [-0.4, -0.2) is 37.1 Å². The Bertz CT molecular complexity index is 874. The molecule has 2 aliphatic rings. The molecule has 1 N–H and O–H groups in total. The second kappa shape index (κ2) is 7.99. The summed E-state index contributed by atoms with van der Waals surface area (Å²) in [6, 6.07) is 10.1. The molecule has 3 heterocycles. The van der Waals surface area contributed by atoms with Crippen molar-refractivity contribution in [1.29, 1.82) is 5.26 Å². The zero-order chi connectivity index (χ0) is 18.6. The van der Waals surface area contributed by atoms with E-state index in [0.717, 1.165) is 42.9 Å². The van der Waals surface area contributed by atoms with Crippen molar-refractivity contribution in [2.24, 2.45) is 0 Å². The van der Waals surface area contributed by atoms with Crippen LogP contribution in [0.3, 0.4) is 0 Å². The Morgan fingerprint density at radius 2 is 2.11 bits per heavy atom. The predicted octanol–water partition coefficient (Wildman–Crippen LogP) is 3.56. The third-order valence-corrected chi connectivity index (χ3v) is 5.74. The fourth-order valence-electron chi connectivity index (χ4n) is 3.62. The lowest BCUT2D eigenvalue weighted by molar-refractivity contribution is -0.117. The van der Waals surface area contributed by atoms with Gasteiger partial charge in [-0.2, -0.15) is 5.26 Å². The molecule has 2 aliphatic heterocycles. The summed E-state index contributed by atoms with van der Waals surface area (Å²) >= 11 is 1.37. The summed E-state index contributed by atoms with van der Waals surface area (Å²) in [6.07, 6.45) is 2.94. The van der Waals surface area contributed by atoms with Gasteiger partial charge in [-0.25, -0.2) is 0 Å². The van der Waals surface area contributed by atoms with Crippen LogP contribution in [0.25, 0.3) is 0 Å². The van der Waals surface area contributed by atoms with Gasteiger partial charge in [0.2, 0.25) is 5.91 Å². The van der Waals surface area contributed by atoms with Crippen molar-refractivity contribution in [2.45, 2.75) is 25.3 Å². The quantitative estimate of drug-likeness (QED) is 0.874. The van der Waals surface area contributed by atoms with Crippen LogP contribution in [-0.2, 0) is 4.79 Å². The lowest BCUT2D eigenvalue weighted by atomic mass is 10.0. The number of anilines is 1. The Morgan fingerprint density at radius 3 is 2.96 bits per heavy atom. The fraction of sp³-hybridized carbons (Fsp3) is 0.400. The predicted molar refractivity (Wildman–Crippen MR) is 103 cm³/mol. The van der Waals surface area contributed by atoms with Crippen LogP contribution >= 0.6 is 11.3 Å². The summed E-state index contributed by atoms with van der Waals surface area (Å²) in [7, 11) is 0. The molecule has 1 fully saturated rings. The van der Waals surface area contributed by atoms with Gasteiger partial charge in [-0.05, 0) is 48.5 Å². The number of hydrogen-bond acceptors (Lipinski definition) is 6. The average molecular weight is 383 g/mol. The third-order valence-electron chi connectivity index (χ3n) is 4.91. The van der Waals surface area contributed by atoms with Gasteiger partial charge in [0.15, 0.2) is 11.5 Å². The van der Waals surface area contributed by atoms with Gasteiger partial charge in [-0.1, -0.05) is 6.07 Å². The van der Waals surface area contributed by atoms with E-state index in [1.165, 1.54) is 11.3 Å². The van der Waals surface area contributed by atoms with Gasteiger partial charge < -0.3 is 14.8 Å². The third kappa shape index (κ3) is 3.92. The number of ether oxygens (including phenoxy) is 2. The Balaban J connectivity index is 1.45. The molecule has 140 valence electrons. The monoisotopic (exact) mass is 383 g/mol. The highest BCUT2D eigenvalue weighted by Crippen LogP contribution is 2.37. The highest BCUT2D eigenvalue weighted by Gasteiger charge is 2.28. The fourth-order valence-corrected chi connectivity index (χ4v) is 4.38. The van der Waals surface area contributed by atoms with E-state index in [1.807, 2.05) is 11.4 Å². The van der Waals surface area contributed by atoms with Crippen molar-refractivity contribution in [3.63, 3.8) is 0 Å². The molecule has 0 bridgehead atoms. The van der Waals surface area contributed by atoms with Crippen molar-refractivity contribution in [2.75, 3.05) is 31.6 Å². The first kappa shape index (κ1) is 17.8. The largest absolute Gasteiger partial charge is 0.490 e. The zero-order valence-corrected chi connectivity index (χ0v) is 15.8. The molecule has 6 nitrogen and oxygen atoms in total. The van der Waals surface area contributed by atoms with E-state index in [0.29, 0.717) is 30.3 Å². The van der Waals surface area contributed by atoms with Crippen LogP contribution in [0.5, 0.6) is 11.5 Å². The van der Waals surface area contributed by atoms with Gasteiger partial charge in [-0.15, -0.1) is 11.3 Å². The lowest BCUT2D eigenvalue weighted by Gasteiger charge is -2.24. The first-order valence-electron chi connectivity index (χ1n) is 9.15. The minimum absolute atomic E-state index is 0.0878. The summed E-state index contributed by atoms with van der Waals surface area (Å²) in [5, 5.41) is 14.4. The SMILES string of the molecule is N#Cc1ccsc1NC(=O)CN1CCC[C@@H]1c1ccc2c(c1)OCCCO2. The molecule has 1 atom stereocenters. The van der Waals surface area contributed by atoms with Gasteiger partial charge >= 0.3 is 0 Å². The number of fused-ring (bicyclic) bond motifs is 1. The van der Waals surface area contributed by atoms with Gasteiger partial charge in [0.05, 0.1) is 25.3 Å². The second-order valence-corrected chi connectivity index (χ2v) is 7.62. The molecule has 27 heavy (non-hydrogen) atoms. The number of nitrogens with zero attached hydrogens (tertiary/aromatic N) is 2. The van der Waals surface area contributed by atoms with Crippen LogP contribution in [0.4, 0.5) is 5.00 Å². The van der Waals surface area contributed by atoms with Gasteiger partial charge in [0.1, 0.15) is 11.1 Å². The first-order chi connectivity index (χ1) is 13.2. The Labute approximate surface area is 162 Å². The number of likely N-dealkylation sites (tertiary alicyclic amines) is 1. The Kier molecular flexibility index (Phi) is 5.28. The highest BCUT2D eigenvalue weighted by atomic mass is 32.1. The van der Waals surface area contributed by atoms with Crippen molar-refractivity contribution in [3.05, 3.63) is 40.8 Å². The number of carbonyl (C=O) groups excluding carboxylic acids is 1. The lowest BCUT2D eigenvalue weighted by Crippen LogP contribution is -2.32. The minimum Gasteiger partial charge on any atom is -0.490 e. The number of carbonyl (C=O) groups is 1. The number of rotatable bonds is 4. The number of thiophene rings is 1. The number of benzene rings is 1. The molecule has 7 heteroatoms. The summed E-state index contributed by atoms with van der Waals surface area (Å²) in [6.45, 7) is 2.52. The molecule has 0 saturated carbocycles. The van der Waals surface area contributed by atoms with Crippen LogP contribution in [0.2, 0.25) is 0 Å². The van der Waals surface area contributed by atoms with Gasteiger partial charge in [0.25, 0.3) is 0 Å². The Hall–Kier alpha value is -2.56. The minimum atomic E-state index is -0.0878. The number of nitriles is 1. The standard InChI is InChI=1S/C20H21N3O3S/c21-12-15-6-10-27-20(15)22-19(24)13-23-7-1-3-16(23)14-4-5-17-18(11-14)26-9-2-8-25-17/h4-6,10-11,16H,1-3,7-9,13H2,(H,22,24)/t16-/m1/s1. The summed E-state index contributed by atoms with van der Waals surface area (Å²) in [4.78, 5) is 14.7. The van der Waals surface area contributed by atoms with Crippen LogP contribution < -0.4 is 14.8 Å². The van der Waals surface area contributed by atoms with Gasteiger partial charge in [-0.3, -0.25) is 9.69 Å². The smallest absolute Gasteiger partial charge is 0.239 e. The van der Waals surface area contributed by atoms with E-state index >= 15 is 0 Å². The number of nitrogens with one attached hydrogen (secondary N) is 1. The Morgan fingerprint density at radius 1 is 1.26 bits per heavy atom. The first-order valence-corrected chi connectivity index (χ1v) is 10.0. The molecular formula is C20H21N3O3S. The molecule has 4 rings (SSSR count). The zero-order valence-electron chi connectivity index (χ0n) is 14.9. The molecule has 1 saturated heterocycles. The van der Waals surface area contributed by atoms with Crippen LogP contribution in [0.1, 0.15) is 36.4 Å². The molecule has 1 aromatic heterocycles. The summed E-state index contributed by atoms with van der Waals surface area (Å²) in [5.41, 5.74) is 1.66. The molecule has 0 spiro atoms. The summed E-state index contributed by atoms with van der Waals surface area (Å²) < 4.78 is 11.5. The molecule has 0 radical (unpaired) electrons. The molecule has 1 aromatic carbocycles. The second-order valence-electron chi connectivity index (χ2n) is 6.71. The molecular weight excluding hydrogens is 362 g/mol. The highest BCUT2D eigenvalue weighted by molar-refractivity contribution is 7.14. The maximum atomic E-state index is 12.5. The van der Waals surface area contributed by atoms with Crippen LogP contribution in [0.15, 0.2) is 29.6 Å². The van der Waals surface area contributed by atoms with Crippen molar-refractivity contribution < 1.29 is 14.3 Å². The van der Waals surface area contributed by atoms with E-state index in [9.17, 15) is 4.79 Å². The van der Waals surface area contributed by atoms with E-state index in [4.69, 9.17) is 14.7 Å². The van der Waals surface area contributed by atoms with Crippen molar-refractivity contribution in [3.8, 4) is 17.6 Å². The molecule has 0 aliphatic carbocycles. The number of hydrogen-bond donors (Lipinski definition) is 1. The average Bonchev–Trinajstić information content (AvgIpc) is 3.24. The molecule has 1 amide bonds. The maximum absolute atomic E-state index is 12.5. The maximum Gasteiger partial charge on any atom is 0.239 e. The topological polar surface area (TPSA) is 74.6 Å². The van der Waals surface area contributed by atoms with Crippen molar-refractivity contribution >= 4 is 22.2 Å². The number of amides is 1. The van der Waals surface area contributed by atoms with Crippen molar-refractivity contribution in [1.82, 2.24) is 4.90 Å². The van der Waals surface area contributed by atoms with E-state index in [2.05, 4.69) is 28.4 Å².